The molecule has 0 unspecified atom stereocenters. The zero-order valence-electron chi connectivity index (χ0n) is 9.93. The molecule has 0 N–H and O–H groups in total. The molecule has 0 bridgehead atoms. The number of rotatable bonds is 3. The van der Waals surface area contributed by atoms with Crippen molar-refractivity contribution in [2.75, 3.05) is 0 Å². The minimum Gasteiger partial charge on any atom is -0.435 e. The van der Waals surface area contributed by atoms with Gasteiger partial charge in [0, 0.05) is 24.9 Å². The molecule has 0 saturated heterocycles. The first-order chi connectivity index (χ1) is 8.49. The van der Waals surface area contributed by atoms with E-state index in [9.17, 15) is 13.6 Å². The summed E-state index contributed by atoms with van der Waals surface area (Å²) < 4.78 is 31.6. The van der Waals surface area contributed by atoms with Crippen LogP contribution in [0, 0.1) is 6.92 Å². The van der Waals surface area contributed by atoms with E-state index in [0.29, 0.717) is 5.69 Å². The van der Waals surface area contributed by atoms with Crippen LogP contribution < -0.4 is 10.3 Å². The molecule has 0 atom stereocenters. The molecule has 0 amide bonds. The van der Waals surface area contributed by atoms with Gasteiger partial charge in [-0.25, -0.2) is 4.68 Å². The van der Waals surface area contributed by atoms with Gasteiger partial charge < -0.3 is 4.74 Å². The molecule has 18 heavy (non-hydrogen) atoms. The van der Waals surface area contributed by atoms with Gasteiger partial charge in [0.1, 0.15) is 5.75 Å². The monoisotopic (exact) mass is 254 g/mol. The van der Waals surface area contributed by atoms with Crippen LogP contribution in [0.3, 0.4) is 0 Å². The lowest BCUT2D eigenvalue weighted by molar-refractivity contribution is -0.0498. The quantitative estimate of drug-likeness (QED) is 0.840. The fourth-order valence-corrected chi connectivity index (χ4v) is 1.73. The summed E-state index contributed by atoms with van der Waals surface area (Å²) in [5.74, 6) is 0.0215. The van der Waals surface area contributed by atoms with Crippen molar-refractivity contribution in [1.82, 2.24) is 9.36 Å². The molecule has 1 aromatic carbocycles. The number of nitrogens with zero attached hydrogens (tertiary/aromatic N) is 2. The first-order valence-corrected chi connectivity index (χ1v) is 5.30. The third-order valence-corrected chi connectivity index (χ3v) is 2.64. The Labute approximate surface area is 102 Å². The molecule has 2 aromatic rings. The van der Waals surface area contributed by atoms with E-state index in [1.807, 2.05) is 0 Å². The third kappa shape index (κ3) is 2.27. The van der Waals surface area contributed by atoms with E-state index in [4.69, 9.17) is 0 Å². The van der Waals surface area contributed by atoms with Gasteiger partial charge in [0.25, 0.3) is 5.56 Å². The lowest BCUT2D eigenvalue weighted by Gasteiger charge is -2.10. The van der Waals surface area contributed by atoms with Crippen LogP contribution in [-0.2, 0) is 7.05 Å². The minimum absolute atomic E-state index is 0.0215. The van der Waals surface area contributed by atoms with Gasteiger partial charge in [-0.1, -0.05) is 6.07 Å². The molecule has 96 valence electrons. The summed E-state index contributed by atoms with van der Waals surface area (Å²) in [5.41, 5.74) is 1.04. The Morgan fingerprint density at radius 1 is 1.28 bits per heavy atom. The molecule has 0 saturated carbocycles. The second kappa shape index (κ2) is 4.64. The lowest BCUT2D eigenvalue weighted by atomic mass is 10.3. The molecule has 1 heterocycles. The second-order valence-electron chi connectivity index (χ2n) is 3.84. The summed E-state index contributed by atoms with van der Waals surface area (Å²) in [5, 5.41) is 0. The van der Waals surface area contributed by atoms with Crippen molar-refractivity contribution in [3.63, 3.8) is 0 Å². The Balaban J connectivity index is 2.48. The van der Waals surface area contributed by atoms with Crippen LogP contribution in [0.1, 0.15) is 5.69 Å². The standard InChI is InChI=1S/C12H12F2N2O2/c1-8-6-11(17)16(15(8)2)9-4-3-5-10(7-9)18-12(13)14/h3-7,12H,1-2H3. The molecule has 0 aliphatic heterocycles. The summed E-state index contributed by atoms with van der Waals surface area (Å²) in [6, 6.07) is 7.49. The van der Waals surface area contributed by atoms with Gasteiger partial charge in [-0.05, 0) is 19.1 Å². The van der Waals surface area contributed by atoms with E-state index in [2.05, 4.69) is 4.74 Å². The first-order valence-electron chi connectivity index (χ1n) is 5.30. The molecule has 2 rings (SSSR count). The fraction of sp³-hybridized carbons (Fsp3) is 0.250. The predicted molar refractivity (Wildman–Crippen MR) is 62.4 cm³/mol. The average Bonchev–Trinajstić information content (AvgIpc) is 2.52. The smallest absolute Gasteiger partial charge is 0.387 e. The molecule has 1 aromatic heterocycles. The first kappa shape index (κ1) is 12.3. The van der Waals surface area contributed by atoms with Gasteiger partial charge in [-0.15, -0.1) is 0 Å². The van der Waals surface area contributed by atoms with Gasteiger partial charge >= 0.3 is 6.61 Å². The van der Waals surface area contributed by atoms with E-state index in [-0.39, 0.29) is 11.3 Å². The molecule has 0 aliphatic carbocycles. The van der Waals surface area contributed by atoms with E-state index >= 15 is 0 Å². The van der Waals surface area contributed by atoms with E-state index in [1.54, 1.807) is 30.8 Å². The van der Waals surface area contributed by atoms with Crippen molar-refractivity contribution >= 4 is 0 Å². The van der Waals surface area contributed by atoms with Crippen LogP contribution in [0.2, 0.25) is 0 Å². The summed E-state index contributed by atoms with van der Waals surface area (Å²) >= 11 is 0. The van der Waals surface area contributed by atoms with Crippen LogP contribution in [0.25, 0.3) is 5.69 Å². The number of benzene rings is 1. The van der Waals surface area contributed by atoms with Gasteiger partial charge in [0.05, 0.1) is 5.69 Å². The highest BCUT2D eigenvalue weighted by atomic mass is 19.3. The minimum atomic E-state index is -2.88. The lowest BCUT2D eigenvalue weighted by Crippen LogP contribution is -2.19. The maximum Gasteiger partial charge on any atom is 0.387 e. The summed E-state index contributed by atoms with van der Waals surface area (Å²) in [6.07, 6.45) is 0. The van der Waals surface area contributed by atoms with Crippen LogP contribution in [0.4, 0.5) is 8.78 Å². The van der Waals surface area contributed by atoms with E-state index in [0.717, 1.165) is 5.69 Å². The van der Waals surface area contributed by atoms with Gasteiger partial charge in [0.2, 0.25) is 0 Å². The Bertz CT molecular complexity index is 617. The number of aryl methyl sites for hydroxylation is 1. The molecule has 0 spiro atoms. The predicted octanol–water partition coefficient (Wildman–Crippen LogP) is 2.09. The Morgan fingerprint density at radius 2 is 2.00 bits per heavy atom. The highest BCUT2D eigenvalue weighted by Gasteiger charge is 2.09. The van der Waals surface area contributed by atoms with E-state index in [1.165, 1.54) is 22.9 Å². The van der Waals surface area contributed by atoms with Crippen LogP contribution >= 0.6 is 0 Å². The van der Waals surface area contributed by atoms with Crippen molar-refractivity contribution in [2.24, 2.45) is 7.05 Å². The zero-order valence-corrected chi connectivity index (χ0v) is 9.93. The van der Waals surface area contributed by atoms with E-state index < -0.39 is 6.61 Å². The maximum absolute atomic E-state index is 12.1. The number of halogens is 2. The van der Waals surface area contributed by atoms with Crippen LogP contribution in [0.5, 0.6) is 5.75 Å². The van der Waals surface area contributed by atoms with Crippen LogP contribution in [-0.4, -0.2) is 16.0 Å². The Hall–Kier alpha value is -2.11. The van der Waals surface area contributed by atoms with Crippen molar-refractivity contribution in [2.45, 2.75) is 13.5 Å². The molecule has 4 nitrogen and oxygen atoms in total. The van der Waals surface area contributed by atoms with Crippen molar-refractivity contribution in [1.29, 1.82) is 0 Å². The van der Waals surface area contributed by atoms with Gasteiger partial charge in [-0.2, -0.15) is 8.78 Å². The van der Waals surface area contributed by atoms with Crippen molar-refractivity contribution in [3.05, 3.63) is 46.4 Å². The summed E-state index contributed by atoms with van der Waals surface area (Å²) in [6.45, 7) is -1.09. The molecular weight excluding hydrogens is 242 g/mol. The number of hydrogen-bond donors (Lipinski definition) is 0. The number of ether oxygens (including phenoxy) is 1. The SMILES string of the molecule is Cc1cc(=O)n(-c2cccc(OC(F)F)c2)n1C. The summed E-state index contributed by atoms with van der Waals surface area (Å²) in [7, 11) is 1.72. The number of alkyl halides is 2. The number of hydrogen-bond acceptors (Lipinski definition) is 2. The molecule has 0 radical (unpaired) electrons. The van der Waals surface area contributed by atoms with Crippen molar-refractivity contribution in [3.8, 4) is 11.4 Å². The number of aromatic nitrogens is 2. The third-order valence-electron chi connectivity index (χ3n) is 2.64. The average molecular weight is 254 g/mol. The molecule has 0 fully saturated rings. The fourth-order valence-electron chi connectivity index (χ4n) is 1.73. The van der Waals surface area contributed by atoms with Crippen molar-refractivity contribution < 1.29 is 13.5 Å². The summed E-state index contributed by atoms with van der Waals surface area (Å²) in [4.78, 5) is 11.7. The zero-order chi connectivity index (χ0) is 13.3. The maximum atomic E-state index is 12.1. The van der Waals surface area contributed by atoms with Gasteiger partial charge in [-0.3, -0.25) is 9.48 Å². The molecular formula is C12H12F2N2O2. The van der Waals surface area contributed by atoms with Gasteiger partial charge in [0.15, 0.2) is 0 Å². The topological polar surface area (TPSA) is 36.2 Å². The Kier molecular flexibility index (Phi) is 3.18. The molecule has 0 aliphatic rings. The highest BCUT2D eigenvalue weighted by Crippen LogP contribution is 2.18. The normalized spacial score (nSPS) is 10.9. The largest absolute Gasteiger partial charge is 0.435 e. The second-order valence-corrected chi connectivity index (χ2v) is 3.84. The highest BCUT2D eigenvalue weighted by molar-refractivity contribution is 5.39. The van der Waals surface area contributed by atoms with Crippen LogP contribution in [0.15, 0.2) is 35.1 Å². The Morgan fingerprint density at radius 3 is 2.56 bits per heavy atom. The molecule has 6 heteroatoms.